The van der Waals surface area contributed by atoms with Crippen molar-refractivity contribution in [1.82, 2.24) is 0 Å². The Labute approximate surface area is 101 Å². The lowest BCUT2D eigenvalue weighted by Gasteiger charge is -2.28. The Kier molecular flexibility index (Phi) is 4.84. The van der Waals surface area contributed by atoms with Crippen LogP contribution in [-0.2, 0) is 9.09 Å². The monoisotopic (exact) mass is 290 g/mol. The molecule has 0 aromatic carbocycles. The fourth-order valence-electron chi connectivity index (χ4n) is 1.68. The Balaban J connectivity index is 3.04. The van der Waals surface area contributed by atoms with Crippen LogP contribution in [-0.4, -0.2) is 83.2 Å². The van der Waals surface area contributed by atoms with E-state index in [0.29, 0.717) is 0 Å². The number of phosphoric acid groups is 1. The maximum absolute atomic E-state index is 10.6. The normalized spacial score (nSPS) is 46.8. The molecule has 18 heavy (non-hydrogen) atoms. The van der Waals surface area contributed by atoms with Crippen LogP contribution < -0.4 is 0 Å². The van der Waals surface area contributed by atoms with Crippen LogP contribution in [0.4, 0.5) is 0 Å². The van der Waals surface area contributed by atoms with Crippen molar-refractivity contribution in [2.24, 2.45) is 0 Å². The number of hydrogen-bond donors (Lipinski definition) is 8. The number of phosphoric ester groups is 1. The van der Waals surface area contributed by atoms with Crippen molar-refractivity contribution in [3.63, 3.8) is 0 Å². The zero-order valence-corrected chi connectivity index (χ0v) is 9.78. The van der Waals surface area contributed by atoms with Gasteiger partial charge in [0.25, 0.3) is 0 Å². The lowest BCUT2D eigenvalue weighted by molar-refractivity contribution is -0.124. The quantitative estimate of drug-likeness (QED) is 0.182. The summed E-state index contributed by atoms with van der Waals surface area (Å²) in [6, 6.07) is 0. The summed E-state index contributed by atoms with van der Waals surface area (Å²) in [5.41, 5.74) is 0. The maximum atomic E-state index is 10.6. The molecular weight excluding hydrogens is 275 g/mol. The third-order valence-corrected chi connectivity index (χ3v) is 3.20. The molecule has 0 amide bonds. The molecule has 1 aliphatic rings. The van der Waals surface area contributed by atoms with Gasteiger partial charge in [-0.15, -0.1) is 0 Å². The van der Waals surface area contributed by atoms with Crippen LogP contribution in [0, 0.1) is 0 Å². The van der Waals surface area contributed by atoms with Crippen LogP contribution >= 0.6 is 7.82 Å². The van der Waals surface area contributed by atoms with Gasteiger partial charge in [-0.3, -0.25) is 4.52 Å². The molecule has 6 unspecified atom stereocenters. The molecule has 10 nitrogen and oxygen atoms in total. The molecule has 108 valence electrons. The van der Waals surface area contributed by atoms with Gasteiger partial charge in [-0.1, -0.05) is 0 Å². The SMILES string of the molecule is O=P(O)(O)OC1C(O)C(O)C(O)C(O)C(O)C1O. The van der Waals surface area contributed by atoms with Gasteiger partial charge in [0.05, 0.1) is 0 Å². The first-order valence-electron chi connectivity index (χ1n) is 4.88. The van der Waals surface area contributed by atoms with Crippen molar-refractivity contribution in [2.45, 2.75) is 42.7 Å². The van der Waals surface area contributed by atoms with Crippen molar-refractivity contribution < 1.29 is 49.5 Å². The summed E-state index contributed by atoms with van der Waals surface area (Å²) in [4.78, 5) is 17.2. The second-order valence-corrected chi connectivity index (χ2v) is 5.20. The molecule has 0 spiro atoms. The third-order valence-electron chi connectivity index (χ3n) is 2.68. The second-order valence-electron chi connectivity index (χ2n) is 4.00. The molecule has 1 aliphatic carbocycles. The number of aliphatic hydroxyl groups excluding tert-OH is 6. The minimum absolute atomic E-state index is 2.02. The minimum atomic E-state index is -5.13. The predicted molar refractivity (Wildman–Crippen MR) is 53.0 cm³/mol. The molecule has 1 rings (SSSR count). The molecule has 0 aliphatic heterocycles. The topological polar surface area (TPSA) is 188 Å². The highest BCUT2D eigenvalue weighted by Crippen LogP contribution is 2.40. The van der Waals surface area contributed by atoms with E-state index in [2.05, 4.69) is 4.52 Å². The summed E-state index contributed by atoms with van der Waals surface area (Å²) < 4.78 is 14.7. The van der Waals surface area contributed by atoms with Gasteiger partial charge in [-0.2, -0.15) is 0 Å². The van der Waals surface area contributed by atoms with Crippen molar-refractivity contribution in [3.05, 3.63) is 0 Å². The molecule has 11 heteroatoms. The fraction of sp³-hybridized carbons (Fsp3) is 1.00. The van der Waals surface area contributed by atoms with Gasteiger partial charge in [0, 0.05) is 0 Å². The lowest BCUT2D eigenvalue weighted by Crippen LogP contribution is -2.48. The van der Waals surface area contributed by atoms with E-state index >= 15 is 0 Å². The highest BCUT2D eigenvalue weighted by molar-refractivity contribution is 7.46. The Hall–Kier alpha value is -0.130. The molecule has 0 saturated heterocycles. The largest absolute Gasteiger partial charge is 0.470 e. The molecule has 1 fully saturated rings. The van der Waals surface area contributed by atoms with E-state index in [1.54, 1.807) is 0 Å². The van der Waals surface area contributed by atoms with Gasteiger partial charge in [0.15, 0.2) is 0 Å². The number of rotatable bonds is 2. The Morgan fingerprint density at radius 3 is 1.22 bits per heavy atom. The van der Waals surface area contributed by atoms with E-state index in [4.69, 9.17) is 9.79 Å². The van der Waals surface area contributed by atoms with Gasteiger partial charge < -0.3 is 40.4 Å². The van der Waals surface area contributed by atoms with Crippen LogP contribution in [0.5, 0.6) is 0 Å². The fourth-order valence-corrected chi connectivity index (χ4v) is 2.25. The summed E-state index contributed by atoms with van der Waals surface area (Å²) in [5, 5.41) is 56.4. The molecular formula is C7H15O10P. The number of aliphatic hydroxyl groups is 6. The molecule has 0 aromatic rings. The summed E-state index contributed by atoms with van der Waals surface area (Å²) in [6.07, 6.45) is -14.5. The van der Waals surface area contributed by atoms with E-state index in [-0.39, 0.29) is 0 Å². The highest BCUT2D eigenvalue weighted by Gasteiger charge is 2.50. The number of hydrogen-bond acceptors (Lipinski definition) is 8. The predicted octanol–water partition coefficient (Wildman–Crippen LogP) is -4.36. The average Bonchev–Trinajstić information content (AvgIpc) is 2.31. The maximum Gasteiger partial charge on any atom is 0.470 e. The smallest absolute Gasteiger partial charge is 0.387 e. The van der Waals surface area contributed by atoms with Crippen molar-refractivity contribution in [3.8, 4) is 0 Å². The first-order chi connectivity index (χ1) is 8.06. The first kappa shape index (κ1) is 15.9. The lowest BCUT2D eigenvalue weighted by atomic mass is 10.0. The molecule has 6 atom stereocenters. The van der Waals surface area contributed by atoms with E-state index in [1.165, 1.54) is 0 Å². The van der Waals surface area contributed by atoms with E-state index in [1.807, 2.05) is 0 Å². The molecule has 1 saturated carbocycles. The van der Waals surface area contributed by atoms with Crippen LogP contribution in [0.3, 0.4) is 0 Å². The minimum Gasteiger partial charge on any atom is -0.387 e. The van der Waals surface area contributed by atoms with Crippen LogP contribution in [0.1, 0.15) is 0 Å². The second kappa shape index (κ2) is 5.47. The van der Waals surface area contributed by atoms with Crippen LogP contribution in [0.2, 0.25) is 0 Å². The van der Waals surface area contributed by atoms with E-state index < -0.39 is 50.6 Å². The summed E-state index contributed by atoms with van der Waals surface area (Å²) in [5.74, 6) is 0. The summed E-state index contributed by atoms with van der Waals surface area (Å²) in [6.45, 7) is 0. The third kappa shape index (κ3) is 3.25. The highest BCUT2D eigenvalue weighted by atomic mass is 31.2. The van der Waals surface area contributed by atoms with Gasteiger partial charge in [-0.25, -0.2) is 4.57 Å². The van der Waals surface area contributed by atoms with Crippen molar-refractivity contribution >= 4 is 7.82 Å². The molecule has 0 heterocycles. The standard InChI is InChI=1S/C7H15O10P/c8-1-2(9)4(11)6(13)7(5(12)3(1)10)17-18(14,15)16/h1-13H,(H2,14,15,16). The Bertz CT molecular complexity index is 310. The van der Waals surface area contributed by atoms with E-state index in [9.17, 15) is 35.2 Å². The molecule has 8 N–H and O–H groups in total. The van der Waals surface area contributed by atoms with Gasteiger partial charge in [0.1, 0.15) is 42.7 Å². The zero-order valence-electron chi connectivity index (χ0n) is 8.88. The zero-order chi connectivity index (χ0) is 14.2. The van der Waals surface area contributed by atoms with Crippen LogP contribution in [0.25, 0.3) is 0 Å². The summed E-state index contributed by atoms with van der Waals surface area (Å²) >= 11 is 0. The van der Waals surface area contributed by atoms with Crippen molar-refractivity contribution in [2.75, 3.05) is 0 Å². The van der Waals surface area contributed by atoms with Crippen LogP contribution in [0.15, 0.2) is 0 Å². The molecule has 0 bridgehead atoms. The van der Waals surface area contributed by atoms with Gasteiger partial charge in [0.2, 0.25) is 0 Å². The average molecular weight is 290 g/mol. The Morgan fingerprint density at radius 1 is 0.667 bits per heavy atom. The first-order valence-corrected chi connectivity index (χ1v) is 6.41. The Morgan fingerprint density at radius 2 is 0.944 bits per heavy atom. The molecule has 0 radical (unpaired) electrons. The van der Waals surface area contributed by atoms with E-state index in [0.717, 1.165) is 0 Å². The van der Waals surface area contributed by atoms with Gasteiger partial charge in [-0.05, 0) is 0 Å². The molecule has 0 aromatic heterocycles. The van der Waals surface area contributed by atoms with Gasteiger partial charge >= 0.3 is 7.82 Å². The van der Waals surface area contributed by atoms with Crippen molar-refractivity contribution in [1.29, 1.82) is 0 Å². The summed E-state index contributed by atoms with van der Waals surface area (Å²) in [7, 11) is -5.13.